The smallest absolute Gasteiger partial charge is 0.335 e. The Labute approximate surface area is 406 Å². The Morgan fingerprint density at radius 2 is 0.662 bits per heavy atom. The lowest BCUT2D eigenvalue weighted by atomic mass is 10.2. The monoisotopic (exact) mass is 1000 g/mol. The van der Waals surface area contributed by atoms with Gasteiger partial charge in [0.05, 0.1) is 45.6 Å². The second-order valence-electron chi connectivity index (χ2n) is 16.2. The lowest BCUT2D eigenvalue weighted by Crippen LogP contribution is -2.38. The van der Waals surface area contributed by atoms with E-state index in [1.807, 2.05) is 0 Å². The summed E-state index contributed by atoms with van der Waals surface area (Å²) >= 11 is 0. The minimum absolute atomic E-state index is 0.225. The van der Waals surface area contributed by atoms with E-state index >= 15 is 0 Å². The third-order valence-corrected chi connectivity index (χ3v) is 22.3. The van der Waals surface area contributed by atoms with Crippen molar-refractivity contribution in [2.45, 2.75) is 88.9 Å². The zero-order valence-electron chi connectivity index (χ0n) is 39.5. The van der Waals surface area contributed by atoms with Gasteiger partial charge in [0.15, 0.2) is 0 Å². The fourth-order valence-electron chi connectivity index (χ4n) is 7.72. The van der Waals surface area contributed by atoms with Gasteiger partial charge in [-0.25, -0.2) is 26.4 Å². The first-order chi connectivity index (χ1) is 32.5. The predicted molar refractivity (Wildman–Crippen MR) is 280 cm³/mol. The quantitative estimate of drug-likeness (QED) is 0.0550. The van der Waals surface area contributed by atoms with E-state index in [0.717, 1.165) is 24.3 Å². The third-order valence-electron chi connectivity index (χ3n) is 11.3. The van der Waals surface area contributed by atoms with Gasteiger partial charge in [0.2, 0.25) is 0 Å². The van der Waals surface area contributed by atoms with E-state index in [1.54, 1.807) is 24.6 Å². The Kier molecular flexibility index (Phi) is 24.5. The molecular formula is C54H66O10P2S2. The molecule has 0 spiro atoms. The summed E-state index contributed by atoms with van der Waals surface area (Å²) in [4.78, 5) is 19.7. The molecule has 0 radical (unpaired) electrons. The van der Waals surface area contributed by atoms with Gasteiger partial charge in [0.25, 0.3) is 0 Å². The van der Waals surface area contributed by atoms with Gasteiger partial charge in [0.1, 0.15) is 48.7 Å². The first kappa shape index (κ1) is 57.3. The summed E-state index contributed by atoms with van der Waals surface area (Å²) in [7, 11) is -11.6. The van der Waals surface area contributed by atoms with Gasteiger partial charge < -0.3 is 19.3 Å². The van der Waals surface area contributed by atoms with Crippen LogP contribution in [0.5, 0.6) is 0 Å². The first-order valence-corrected chi connectivity index (χ1v) is 30.2. The molecule has 0 unspecified atom stereocenters. The maximum absolute atomic E-state index is 10.5. The van der Waals surface area contributed by atoms with Crippen molar-refractivity contribution in [1.29, 1.82) is 0 Å². The molecule has 0 fully saturated rings. The number of unbranched alkanes of at least 4 members (excludes halogenated alkanes) is 4. The van der Waals surface area contributed by atoms with Gasteiger partial charge in [-0.1, -0.05) is 138 Å². The normalized spacial score (nSPS) is 11.4. The van der Waals surface area contributed by atoms with E-state index < -0.39 is 56.5 Å². The lowest BCUT2D eigenvalue weighted by molar-refractivity contribution is 0.0685. The van der Waals surface area contributed by atoms with Crippen LogP contribution in [0, 0.1) is 0 Å². The molecule has 14 heteroatoms. The van der Waals surface area contributed by atoms with Gasteiger partial charge in [-0.3, -0.25) is 0 Å². The molecule has 0 aromatic heterocycles. The zero-order valence-corrected chi connectivity index (χ0v) is 42.9. The zero-order chi connectivity index (χ0) is 50.1. The molecule has 6 aromatic carbocycles. The van der Waals surface area contributed by atoms with E-state index in [1.165, 1.54) is 96.9 Å². The van der Waals surface area contributed by atoms with Crippen LogP contribution in [0.1, 0.15) is 99.8 Å². The Morgan fingerprint density at radius 3 is 0.868 bits per heavy atom. The second-order valence-corrected chi connectivity index (χ2v) is 26.9. The molecule has 0 saturated carbocycles. The number of hydrogen-bond acceptors (Lipinski definition) is 8. The predicted octanol–water partition coefficient (Wildman–Crippen LogP) is 11.1. The molecule has 0 saturated heterocycles. The van der Waals surface area contributed by atoms with Gasteiger partial charge in [-0.15, -0.1) is 0 Å². The van der Waals surface area contributed by atoms with E-state index in [4.69, 9.17) is 10.2 Å². The maximum Gasteiger partial charge on any atom is 0.335 e. The van der Waals surface area contributed by atoms with Crippen LogP contribution in [0.2, 0.25) is 0 Å². The highest BCUT2D eigenvalue weighted by atomic mass is 32.2. The van der Waals surface area contributed by atoms with Crippen molar-refractivity contribution in [3.05, 3.63) is 181 Å². The van der Waals surface area contributed by atoms with Crippen LogP contribution in [0.3, 0.4) is 0 Å². The number of hydrogen-bond donors (Lipinski definition) is 2. The Balaban J connectivity index is 0.000000252. The van der Waals surface area contributed by atoms with Gasteiger partial charge in [-0.2, -0.15) is 0 Å². The van der Waals surface area contributed by atoms with Crippen LogP contribution in [0.15, 0.2) is 180 Å². The van der Waals surface area contributed by atoms with E-state index in [0.29, 0.717) is 0 Å². The molecular weight excluding hydrogens is 935 g/mol. The molecule has 0 bridgehead atoms. The lowest BCUT2D eigenvalue weighted by Gasteiger charge is -2.28. The van der Waals surface area contributed by atoms with E-state index in [2.05, 4.69) is 149 Å². The third kappa shape index (κ3) is 17.8. The van der Waals surface area contributed by atoms with Gasteiger partial charge >= 0.3 is 11.9 Å². The van der Waals surface area contributed by atoms with Crippen LogP contribution in [0.25, 0.3) is 0 Å². The maximum atomic E-state index is 10.5. The highest BCUT2D eigenvalue weighted by molar-refractivity contribution is 8.01. The Morgan fingerprint density at radius 1 is 0.412 bits per heavy atom. The molecule has 6 aromatic rings. The number of benzene rings is 6. The van der Waals surface area contributed by atoms with Gasteiger partial charge in [-0.05, 0) is 111 Å². The summed E-state index contributed by atoms with van der Waals surface area (Å²) in [5.41, 5.74) is -0.450. The van der Waals surface area contributed by atoms with Crippen LogP contribution < -0.4 is 21.2 Å². The average Bonchev–Trinajstić information content (AvgIpc) is 3.35. The summed E-state index contributed by atoms with van der Waals surface area (Å²) in [5.74, 6) is -2.55. The van der Waals surface area contributed by atoms with Crippen molar-refractivity contribution < 1.29 is 45.7 Å². The number of carbonyl (C=O) groups is 2. The van der Waals surface area contributed by atoms with E-state index in [9.17, 15) is 35.5 Å². The van der Waals surface area contributed by atoms with Crippen molar-refractivity contribution in [3.63, 3.8) is 0 Å². The molecule has 0 amide bonds. The first-order valence-electron chi connectivity index (χ1n) is 23.0. The van der Waals surface area contributed by atoms with Crippen molar-refractivity contribution in [2.75, 3.05) is 24.6 Å². The van der Waals surface area contributed by atoms with Crippen LogP contribution in [0.4, 0.5) is 0 Å². The molecule has 0 aliphatic carbocycles. The standard InChI is InChI=1S/C24H20P.C16H36P.2C7H6O5S/c1-5-13-21(14-6-1)25(22-15-7-2-8-16-22,23-17-9-3-10-18-23)24-19-11-4-12-20-24;1-5-9-13-17(14-10-6-2,15-11-7-3)16-12-8-4;2*8-7(9)5-2-1-3-6(4-5)13(10,11)12/h1-20H;5-16H2,1-4H3;2*1-4H,(H,8,9)(H,10,11,12)/q2*+1;;/p-2. The minimum atomic E-state index is -4.57. The molecule has 6 rings (SSSR count). The fourth-order valence-corrected chi connectivity index (χ4v) is 18.3. The largest absolute Gasteiger partial charge is 0.744 e. The second kappa shape index (κ2) is 29.1. The Bertz CT molecular complexity index is 2350. The van der Waals surface area contributed by atoms with Crippen LogP contribution >= 0.6 is 14.5 Å². The molecule has 0 heterocycles. The SMILES string of the molecule is CCCC[P+](CCCC)(CCCC)CCCC.O=C(O)c1cccc(S(=O)(=O)[O-])c1.O=C(O)c1cccc(S(=O)(=O)[O-])c1.c1ccc([P+](c2ccccc2)(c2ccccc2)c2ccccc2)cc1. The summed E-state index contributed by atoms with van der Waals surface area (Å²) in [6.07, 6.45) is 17.9. The molecule has 0 atom stereocenters. The van der Waals surface area contributed by atoms with Crippen molar-refractivity contribution >= 4 is 67.9 Å². The van der Waals surface area contributed by atoms with Gasteiger partial charge in [0, 0.05) is 7.26 Å². The number of carboxylic acids is 2. The number of rotatable bonds is 20. The van der Waals surface area contributed by atoms with Crippen molar-refractivity contribution in [1.82, 2.24) is 0 Å². The summed E-state index contributed by atoms with van der Waals surface area (Å²) in [6, 6.07) is 52.4. The summed E-state index contributed by atoms with van der Waals surface area (Å²) < 4.78 is 62.8. The summed E-state index contributed by atoms with van der Waals surface area (Å²) in [5, 5.41) is 22.5. The molecule has 364 valence electrons. The minimum Gasteiger partial charge on any atom is -0.744 e. The van der Waals surface area contributed by atoms with Crippen LogP contribution in [-0.2, 0) is 20.2 Å². The highest BCUT2D eigenvalue weighted by Gasteiger charge is 2.47. The molecule has 68 heavy (non-hydrogen) atoms. The van der Waals surface area contributed by atoms with Crippen LogP contribution in [-0.4, -0.2) is 72.7 Å². The molecule has 2 N–H and O–H groups in total. The highest BCUT2D eigenvalue weighted by Crippen LogP contribution is 2.61. The molecule has 0 aliphatic heterocycles. The number of aromatic carboxylic acids is 2. The molecule has 10 nitrogen and oxygen atoms in total. The fraction of sp³-hybridized carbons (Fsp3) is 0.296. The topological polar surface area (TPSA) is 189 Å². The summed E-state index contributed by atoms with van der Waals surface area (Å²) in [6.45, 7) is 9.42. The Hall–Kier alpha value is -5.06. The molecule has 0 aliphatic rings. The van der Waals surface area contributed by atoms with Crippen molar-refractivity contribution in [2.24, 2.45) is 0 Å². The number of carboxylic acid groups (broad SMARTS) is 2. The van der Waals surface area contributed by atoms with Crippen molar-refractivity contribution in [3.8, 4) is 0 Å². The van der Waals surface area contributed by atoms with E-state index in [-0.39, 0.29) is 11.1 Å². The average molecular weight is 1000 g/mol.